The summed E-state index contributed by atoms with van der Waals surface area (Å²) in [4.78, 5) is 84.1. The molecule has 2 unspecified atom stereocenters. The predicted molar refractivity (Wildman–Crippen MR) is 247 cm³/mol. The molecular formula is C45H73N7O19S. The predicted octanol–water partition coefficient (Wildman–Crippen LogP) is -2.23. The number of alkyl carbamates (subject to hydrolysis) is 1. The molecule has 0 radical (unpaired) electrons. The standard InChI is InChI=1S/C45H73N7O19S/c1-6-9-11-13-30(53)66-22-28-34(55)35(56)36(70-31(54)14-12-10-7-2)42(69-28)68-26-19-27-38(57)45(20-26)37(50-44(61)71-45)33(40(59)48-17-15-25-16-18-51(21-25)43(46)47)52(27)41(60)32(24(4)8-3)49-39(58)29(65-5)23-67-72(62,63)64/h16,24,26-29,32-38,42,55-57H,6-15,17-23H2,1-5H3,(H7,46,47,48,49,50,58,59,61,62,63,64)/t24-,26+,27+,28+,29?,32+,33+,34+,35-,36+,37-,38?,42-,45-/m0/s1. The van der Waals surface area contributed by atoms with Crippen molar-refractivity contribution in [3.63, 3.8) is 0 Å². The maximum absolute atomic E-state index is 15.4. The zero-order valence-electron chi connectivity index (χ0n) is 41.4. The number of ether oxygens (including phenoxy) is 6. The van der Waals surface area contributed by atoms with Gasteiger partial charge >= 0.3 is 24.0 Å². The highest BCUT2D eigenvalue weighted by atomic mass is 32.3. The van der Waals surface area contributed by atoms with Crippen molar-refractivity contribution in [2.45, 2.75) is 184 Å². The van der Waals surface area contributed by atoms with Crippen LogP contribution in [0.15, 0.2) is 11.6 Å². The Balaban J connectivity index is 1.52. The maximum atomic E-state index is 15.4. The molecule has 1 aliphatic carbocycles. The molecule has 408 valence electrons. The lowest BCUT2D eigenvalue weighted by Gasteiger charge is -2.58. The van der Waals surface area contributed by atoms with E-state index in [1.165, 1.54) is 0 Å². The van der Waals surface area contributed by atoms with E-state index in [0.29, 0.717) is 38.8 Å². The highest BCUT2D eigenvalue weighted by Gasteiger charge is 2.70. The minimum atomic E-state index is -5.28. The number of rotatable bonds is 26. The van der Waals surface area contributed by atoms with Crippen molar-refractivity contribution < 1.29 is 94.2 Å². The van der Waals surface area contributed by atoms with Gasteiger partial charge in [-0.25, -0.2) is 13.2 Å². The van der Waals surface area contributed by atoms with Crippen LogP contribution in [-0.4, -0.2) is 198 Å². The molecule has 4 heterocycles. The van der Waals surface area contributed by atoms with Crippen LogP contribution < -0.4 is 27.4 Å². The summed E-state index contributed by atoms with van der Waals surface area (Å²) < 4.78 is 74.6. The van der Waals surface area contributed by atoms with Gasteiger partial charge in [0.05, 0.1) is 25.2 Å². The second kappa shape index (κ2) is 26.0. The van der Waals surface area contributed by atoms with Crippen LogP contribution in [0.25, 0.3) is 0 Å². The number of carbonyl (C=O) groups is 6. The summed E-state index contributed by atoms with van der Waals surface area (Å²) in [5.41, 5.74) is 10.4. The van der Waals surface area contributed by atoms with E-state index in [0.717, 1.165) is 36.8 Å². The number of guanidine groups is 1. The van der Waals surface area contributed by atoms with Gasteiger partial charge < -0.3 is 69.1 Å². The Morgan fingerprint density at radius 1 is 1.04 bits per heavy atom. The van der Waals surface area contributed by atoms with Crippen molar-refractivity contribution in [1.82, 2.24) is 20.9 Å². The largest absolute Gasteiger partial charge is 0.726 e. The number of nitrogens with one attached hydrogen (secondary N) is 3. The minimum Gasteiger partial charge on any atom is -0.726 e. The van der Waals surface area contributed by atoms with Crippen LogP contribution >= 0.6 is 0 Å². The molecular weight excluding hydrogens is 975 g/mol. The third-order valence-electron chi connectivity index (χ3n) is 13.9. The van der Waals surface area contributed by atoms with Crippen LogP contribution in [0.1, 0.15) is 105 Å². The quantitative estimate of drug-likeness (QED) is 0.00664. The van der Waals surface area contributed by atoms with Gasteiger partial charge in [-0.1, -0.05) is 59.8 Å². The highest BCUT2D eigenvalue weighted by Crippen LogP contribution is 2.48. The van der Waals surface area contributed by atoms with Gasteiger partial charge in [0, 0.05) is 32.9 Å². The first-order valence-corrected chi connectivity index (χ1v) is 26.0. The molecule has 2 bridgehead atoms. The number of nitrogens with zero attached hydrogens (tertiary/aromatic N) is 2. The molecule has 4 amide bonds. The van der Waals surface area contributed by atoms with Crippen LogP contribution in [0.5, 0.6) is 0 Å². The summed E-state index contributed by atoms with van der Waals surface area (Å²) in [6.07, 6.45) is -8.22. The summed E-state index contributed by atoms with van der Waals surface area (Å²) in [5.74, 6) is -4.76. The molecule has 10 N–H and O–H groups in total. The van der Waals surface area contributed by atoms with Gasteiger partial charge in [-0.3, -0.25) is 44.2 Å². The van der Waals surface area contributed by atoms with Crippen LogP contribution in [-0.2, 0) is 67.0 Å². The van der Waals surface area contributed by atoms with Crippen LogP contribution in [0.2, 0.25) is 0 Å². The van der Waals surface area contributed by atoms with E-state index in [-0.39, 0.29) is 44.6 Å². The van der Waals surface area contributed by atoms with Crippen molar-refractivity contribution in [1.29, 1.82) is 0 Å². The first-order valence-electron chi connectivity index (χ1n) is 24.6. The summed E-state index contributed by atoms with van der Waals surface area (Å²) >= 11 is 0. The molecule has 3 saturated heterocycles. The second-order valence-corrected chi connectivity index (χ2v) is 20.0. The van der Waals surface area contributed by atoms with Gasteiger partial charge in [0.15, 0.2) is 24.1 Å². The van der Waals surface area contributed by atoms with Crippen molar-refractivity contribution in [3.05, 3.63) is 11.6 Å². The number of hydrogen-bond donors (Lipinski definition) is 8. The number of fused-ring (bicyclic) bond motifs is 1. The molecule has 72 heavy (non-hydrogen) atoms. The lowest BCUT2D eigenvalue weighted by Crippen LogP contribution is -2.80. The second-order valence-electron chi connectivity index (χ2n) is 18.9. The lowest BCUT2D eigenvalue weighted by atomic mass is 9.66. The van der Waals surface area contributed by atoms with Gasteiger partial charge in [-0.2, -0.15) is 0 Å². The number of piperidine rings is 1. The summed E-state index contributed by atoms with van der Waals surface area (Å²) in [7, 11) is -4.24. The molecule has 5 rings (SSSR count). The average Bonchev–Trinajstić information content (AvgIpc) is 3.94. The molecule has 0 aromatic rings. The number of methoxy groups -OCH3 is 1. The number of unbranched alkanes of at least 4 members (excludes halogenated alkanes) is 4. The molecule has 4 aliphatic heterocycles. The Morgan fingerprint density at radius 2 is 1.72 bits per heavy atom. The number of hydrogen-bond acceptors (Lipinski definition) is 19. The van der Waals surface area contributed by atoms with Gasteiger partial charge in [0.25, 0.3) is 5.91 Å². The fourth-order valence-electron chi connectivity index (χ4n) is 9.76. The van der Waals surface area contributed by atoms with E-state index in [2.05, 4.69) is 20.1 Å². The molecule has 1 saturated carbocycles. The van der Waals surface area contributed by atoms with E-state index in [1.807, 2.05) is 19.9 Å². The topological polar surface area (TPSA) is 379 Å². The maximum Gasteiger partial charge on any atom is 0.408 e. The van der Waals surface area contributed by atoms with Crippen LogP contribution in [0.4, 0.5) is 4.79 Å². The number of aliphatic hydroxyl groups excluding tert-OH is 3. The molecule has 1 spiro atoms. The number of amides is 4. The van der Waals surface area contributed by atoms with E-state index in [1.54, 1.807) is 18.4 Å². The van der Waals surface area contributed by atoms with Crippen molar-refractivity contribution in [2.24, 2.45) is 17.4 Å². The Hall–Kier alpha value is -4.74. The third kappa shape index (κ3) is 14.3. The van der Waals surface area contributed by atoms with Crippen molar-refractivity contribution in [3.8, 4) is 0 Å². The van der Waals surface area contributed by atoms with E-state index in [4.69, 9.17) is 39.9 Å². The average molecular weight is 1050 g/mol. The smallest absolute Gasteiger partial charge is 0.408 e. The van der Waals surface area contributed by atoms with Crippen LogP contribution in [0, 0.1) is 5.92 Å². The molecule has 4 fully saturated rings. The Bertz CT molecular complexity index is 2110. The minimum absolute atomic E-state index is 0.0274. The van der Waals surface area contributed by atoms with Gasteiger partial charge in [-0.05, 0) is 43.3 Å². The van der Waals surface area contributed by atoms with E-state index >= 15 is 4.79 Å². The fraction of sp³-hybridized carbons (Fsp3) is 0.800. The Kier molecular flexibility index (Phi) is 21.0. The molecule has 27 heteroatoms. The zero-order valence-corrected chi connectivity index (χ0v) is 42.3. The summed E-state index contributed by atoms with van der Waals surface area (Å²) in [6, 6.07) is -6.13. The van der Waals surface area contributed by atoms with Crippen molar-refractivity contribution in [2.75, 3.05) is 40.0 Å². The van der Waals surface area contributed by atoms with Crippen LogP contribution in [0.3, 0.4) is 0 Å². The Morgan fingerprint density at radius 3 is 2.33 bits per heavy atom. The van der Waals surface area contributed by atoms with Gasteiger partial charge in [0.1, 0.15) is 55.8 Å². The first-order chi connectivity index (χ1) is 34.1. The van der Waals surface area contributed by atoms with E-state index < -0.39 is 144 Å². The number of carbonyl (C=O) groups excluding carboxylic acids is 6. The van der Waals surface area contributed by atoms with Gasteiger partial charge in [-0.15, -0.1) is 0 Å². The first kappa shape index (κ1) is 58.2. The highest BCUT2D eigenvalue weighted by molar-refractivity contribution is 7.80. The van der Waals surface area contributed by atoms with Crippen molar-refractivity contribution >= 4 is 52.1 Å². The zero-order chi connectivity index (χ0) is 53.1. The molecule has 0 aromatic carbocycles. The SMILES string of the molecule is CCCCCC(=O)OC[C@H]1O[C@H](O[C@@H]2C[C@@H]3C(O)[C@@]4(C2)OC(=O)N[C@H]4[C@H](C(=O)NCCC2=CC[N+](=C(N)N)C2)N3C(=O)[C@H](NC(=O)C(COS(=O)(=O)[O-])OC)[C@@H](C)CC)[C@H](OC(=O)CCCCC)[C@@H](O)[C@@H]1O. The molecule has 26 nitrogen and oxygen atoms in total. The summed E-state index contributed by atoms with van der Waals surface area (Å²) in [6.45, 7) is 6.49. The number of likely N-dealkylation sites (tertiary alicyclic amines) is 1. The van der Waals surface area contributed by atoms with E-state index in [9.17, 15) is 52.3 Å². The molecule has 0 aromatic heterocycles. The van der Waals surface area contributed by atoms with Gasteiger partial charge in [0.2, 0.25) is 22.2 Å². The normalized spacial score (nSPS) is 30.2. The number of nitrogens with two attached hydrogens (primary N) is 2. The monoisotopic (exact) mass is 1050 g/mol. The fourth-order valence-corrected chi connectivity index (χ4v) is 10.1. The lowest BCUT2D eigenvalue weighted by molar-refractivity contribution is -0.503. The number of esters is 2. The summed E-state index contributed by atoms with van der Waals surface area (Å²) in [5, 5.41) is 43.1. The number of aliphatic hydroxyl groups is 3. The Labute approximate surface area is 418 Å². The molecule has 14 atom stereocenters. The third-order valence-corrected chi connectivity index (χ3v) is 14.4. The molecule has 5 aliphatic rings.